The number of pyridine rings is 1. The van der Waals surface area contributed by atoms with Crippen molar-refractivity contribution in [3.05, 3.63) is 64.5 Å². The van der Waals surface area contributed by atoms with Gasteiger partial charge in [-0.15, -0.1) is 0 Å². The molecule has 1 aromatic heterocycles. The SMILES string of the molecule is CCC1=Cc2cccnc2C(N2CCN(B(C)O)CC2)c2ccc(C)cc21. The van der Waals surface area contributed by atoms with Gasteiger partial charge in [0.25, 0.3) is 0 Å². The Balaban J connectivity index is 1.81. The fraction of sp³-hybridized carbons (Fsp3) is 0.409. The molecule has 2 aliphatic rings. The van der Waals surface area contributed by atoms with Crippen LogP contribution in [0.4, 0.5) is 0 Å². The normalized spacial score (nSPS) is 20.4. The molecule has 0 spiro atoms. The van der Waals surface area contributed by atoms with Crippen LogP contribution < -0.4 is 0 Å². The minimum absolute atomic E-state index is 0.160. The zero-order valence-corrected chi connectivity index (χ0v) is 16.5. The standard InChI is InChI=1S/C22H28BN3O/c1-4-17-15-18-6-5-9-24-21(18)22(19-8-7-16(2)14-20(17)19)25-10-12-26(13-11-25)23(3)27/h5-9,14-15,22,27H,4,10-13H2,1-3H3. The molecule has 1 atom stereocenters. The first-order valence-electron chi connectivity index (χ1n) is 10.0. The topological polar surface area (TPSA) is 39.6 Å². The van der Waals surface area contributed by atoms with Gasteiger partial charge in [-0.05, 0) is 54.6 Å². The van der Waals surface area contributed by atoms with Crippen molar-refractivity contribution >= 4 is 18.7 Å². The fourth-order valence-electron chi connectivity index (χ4n) is 4.41. The zero-order valence-electron chi connectivity index (χ0n) is 16.5. The highest BCUT2D eigenvalue weighted by atomic mass is 16.2. The Hall–Kier alpha value is -1.95. The van der Waals surface area contributed by atoms with Crippen molar-refractivity contribution in [1.82, 2.24) is 14.7 Å². The van der Waals surface area contributed by atoms with Gasteiger partial charge in [0.2, 0.25) is 0 Å². The summed E-state index contributed by atoms with van der Waals surface area (Å²) in [4.78, 5) is 9.50. The lowest BCUT2D eigenvalue weighted by atomic mass is 9.84. The van der Waals surface area contributed by atoms with Crippen LogP contribution in [0.5, 0.6) is 0 Å². The van der Waals surface area contributed by atoms with Crippen molar-refractivity contribution in [2.75, 3.05) is 26.2 Å². The first kappa shape index (κ1) is 18.4. The van der Waals surface area contributed by atoms with Crippen molar-refractivity contribution in [2.24, 2.45) is 0 Å². The van der Waals surface area contributed by atoms with Gasteiger partial charge in [0.15, 0.2) is 0 Å². The second-order valence-electron chi connectivity index (χ2n) is 7.70. The van der Waals surface area contributed by atoms with Gasteiger partial charge in [-0.2, -0.15) is 0 Å². The van der Waals surface area contributed by atoms with Crippen molar-refractivity contribution in [2.45, 2.75) is 33.1 Å². The number of allylic oxidation sites excluding steroid dienone is 1. The Morgan fingerprint density at radius 3 is 2.67 bits per heavy atom. The molecule has 1 aliphatic carbocycles. The van der Waals surface area contributed by atoms with Gasteiger partial charge < -0.3 is 9.83 Å². The lowest BCUT2D eigenvalue weighted by Gasteiger charge is -2.40. The Kier molecular flexibility index (Phi) is 5.18. The number of piperazine rings is 1. The summed E-state index contributed by atoms with van der Waals surface area (Å²) < 4.78 is 0. The lowest BCUT2D eigenvalue weighted by molar-refractivity contribution is 0.144. The molecule has 140 valence electrons. The van der Waals surface area contributed by atoms with Crippen LogP contribution in [0.1, 0.15) is 47.3 Å². The van der Waals surface area contributed by atoms with Gasteiger partial charge in [-0.25, -0.2) is 0 Å². The maximum atomic E-state index is 9.92. The summed E-state index contributed by atoms with van der Waals surface area (Å²) in [6, 6.07) is 11.2. The van der Waals surface area contributed by atoms with Gasteiger partial charge in [0.05, 0.1) is 11.7 Å². The largest absolute Gasteiger partial charge is 0.437 e. The molecule has 27 heavy (non-hydrogen) atoms. The maximum absolute atomic E-state index is 9.92. The lowest BCUT2D eigenvalue weighted by Crippen LogP contribution is -2.52. The summed E-state index contributed by atoms with van der Waals surface area (Å²) in [6.45, 7) is 9.88. The van der Waals surface area contributed by atoms with E-state index in [0.717, 1.165) is 38.3 Å². The van der Waals surface area contributed by atoms with Crippen LogP contribution in [-0.2, 0) is 0 Å². The van der Waals surface area contributed by atoms with E-state index >= 15 is 0 Å². The van der Waals surface area contributed by atoms with E-state index in [9.17, 15) is 5.02 Å². The molecule has 1 aliphatic heterocycles. The van der Waals surface area contributed by atoms with Crippen molar-refractivity contribution < 1.29 is 5.02 Å². The predicted molar refractivity (Wildman–Crippen MR) is 112 cm³/mol. The quantitative estimate of drug-likeness (QED) is 0.850. The summed E-state index contributed by atoms with van der Waals surface area (Å²) >= 11 is 0. The van der Waals surface area contributed by atoms with Gasteiger partial charge in [0.1, 0.15) is 0 Å². The molecule has 1 aromatic carbocycles. The Morgan fingerprint density at radius 2 is 1.96 bits per heavy atom. The number of aryl methyl sites for hydroxylation is 1. The molecule has 5 heteroatoms. The molecule has 1 fully saturated rings. The van der Waals surface area contributed by atoms with E-state index in [1.807, 2.05) is 19.1 Å². The zero-order chi connectivity index (χ0) is 19.0. The average Bonchev–Trinajstić information content (AvgIpc) is 2.82. The molecule has 0 amide bonds. The van der Waals surface area contributed by atoms with E-state index < -0.39 is 0 Å². The van der Waals surface area contributed by atoms with E-state index in [-0.39, 0.29) is 13.1 Å². The minimum atomic E-state index is -0.380. The highest BCUT2D eigenvalue weighted by molar-refractivity contribution is 6.45. The van der Waals surface area contributed by atoms with Gasteiger partial charge >= 0.3 is 7.05 Å². The van der Waals surface area contributed by atoms with Crippen LogP contribution in [0.15, 0.2) is 36.5 Å². The first-order chi connectivity index (χ1) is 13.1. The number of nitrogens with zero attached hydrogens (tertiary/aromatic N) is 3. The van der Waals surface area contributed by atoms with Crippen molar-refractivity contribution in [1.29, 1.82) is 0 Å². The molecular weight excluding hydrogens is 333 g/mol. The summed E-state index contributed by atoms with van der Waals surface area (Å²) in [5.41, 5.74) is 7.77. The number of aromatic nitrogens is 1. The molecule has 2 aromatic rings. The summed E-state index contributed by atoms with van der Waals surface area (Å²) in [7, 11) is -0.380. The summed E-state index contributed by atoms with van der Waals surface area (Å²) in [5.74, 6) is 0. The molecule has 4 nitrogen and oxygen atoms in total. The molecule has 0 saturated carbocycles. The minimum Gasteiger partial charge on any atom is -0.437 e. The second kappa shape index (κ2) is 7.59. The molecule has 1 N–H and O–H groups in total. The van der Waals surface area contributed by atoms with E-state index in [0.29, 0.717) is 0 Å². The predicted octanol–water partition coefficient (Wildman–Crippen LogP) is 3.47. The van der Waals surface area contributed by atoms with Crippen molar-refractivity contribution in [3.63, 3.8) is 0 Å². The third-order valence-electron chi connectivity index (χ3n) is 5.93. The van der Waals surface area contributed by atoms with Crippen LogP contribution >= 0.6 is 0 Å². The van der Waals surface area contributed by atoms with E-state index in [2.05, 4.69) is 53.9 Å². The summed E-state index contributed by atoms with van der Waals surface area (Å²) in [6.07, 6.45) is 5.25. The Labute approximate surface area is 162 Å². The number of hydrogen-bond donors (Lipinski definition) is 1. The number of hydrogen-bond acceptors (Lipinski definition) is 4. The second-order valence-corrected chi connectivity index (χ2v) is 7.70. The van der Waals surface area contributed by atoms with Crippen molar-refractivity contribution in [3.8, 4) is 0 Å². The molecule has 4 rings (SSSR count). The van der Waals surface area contributed by atoms with Crippen LogP contribution in [-0.4, -0.2) is 52.9 Å². The number of fused-ring (bicyclic) bond motifs is 2. The number of benzene rings is 1. The average molecular weight is 361 g/mol. The van der Waals surface area contributed by atoms with Crippen LogP contribution in [0.3, 0.4) is 0 Å². The van der Waals surface area contributed by atoms with Gasteiger partial charge in [-0.1, -0.05) is 36.8 Å². The smallest absolute Gasteiger partial charge is 0.376 e. The first-order valence-corrected chi connectivity index (χ1v) is 10.0. The molecule has 0 radical (unpaired) electrons. The summed E-state index contributed by atoms with van der Waals surface area (Å²) in [5, 5.41) is 9.92. The molecule has 1 saturated heterocycles. The van der Waals surface area contributed by atoms with E-state index in [1.165, 1.54) is 27.8 Å². The van der Waals surface area contributed by atoms with E-state index in [4.69, 9.17) is 4.98 Å². The maximum Gasteiger partial charge on any atom is 0.376 e. The fourth-order valence-corrected chi connectivity index (χ4v) is 4.41. The Bertz CT molecular complexity index is 856. The Morgan fingerprint density at radius 1 is 1.19 bits per heavy atom. The third-order valence-corrected chi connectivity index (χ3v) is 5.93. The molecule has 1 unspecified atom stereocenters. The number of rotatable bonds is 3. The monoisotopic (exact) mass is 361 g/mol. The van der Waals surface area contributed by atoms with E-state index in [1.54, 1.807) is 0 Å². The van der Waals surface area contributed by atoms with Crippen LogP contribution in [0.2, 0.25) is 6.82 Å². The highest BCUT2D eigenvalue weighted by Crippen LogP contribution is 2.40. The van der Waals surface area contributed by atoms with Crippen LogP contribution in [0.25, 0.3) is 11.6 Å². The molecular formula is C22H28BN3O. The van der Waals surface area contributed by atoms with Gasteiger partial charge in [-0.3, -0.25) is 9.88 Å². The highest BCUT2D eigenvalue weighted by Gasteiger charge is 2.33. The molecule has 0 bridgehead atoms. The third kappa shape index (κ3) is 3.47. The van der Waals surface area contributed by atoms with Crippen LogP contribution in [0, 0.1) is 6.92 Å². The van der Waals surface area contributed by atoms with Gasteiger partial charge in [0, 0.05) is 32.4 Å². The molecule has 2 heterocycles.